The summed E-state index contributed by atoms with van der Waals surface area (Å²) in [5.41, 5.74) is 5.27. The predicted molar refractivity (Wildman–Crippen MR) is 44.1 cm³/mol. The van der Waals surface area contributed by atoms with Crippen LogP contribution in [0.3, 0.4) is 0 Å². The lowest BCUT2D eigenvalue weighted by Gasteiger charge is -2.14. The molecule has 0 aliphatic rings. The minimum atomic E-state index is -0.688. The van der Waals surface area contributed by atoms with E-state index in [9.17, 15) is 9.50 Å². The van der Waals surface area contributed by atoms with Gasteiger partial charge < -0.3 is 10.8 Å². The first-order chi connectivity index (χ1) is 5.22. The van der Waals surface area contributed by atoms with Crippen molar-refractivity contribution in [1.82, 2.24) is 0 Å². The van der Waals surface area contributed by atoms with Gasteiger partial charge in [-0.3, -0.25) is 0 Å². The maximum absolute atomic E-state index is 11.9. The zero-order chi connectivity index (χ0) is 8.69. The number of alkyl halides is 1. The number of aliphatic hydroxyl groups excluding tert-OH is 1. The van der Waals surface area contributed by atoms with Crippen molar-refractivity contribution in [2.75, 3.05) is 6.67 Å². The maximum atomic E-state index is 11.9. The van der Waals surface area contributed by atoms with Gasteiger partial charge in [-0.15, -0.1) is 0 Å². The van der Waals surface area contributed by atoms with Gasteiger partial charge >= 0.3 is 0 Å². The molecule has 3 heteroatoms. The molecule has 0 saturated carbocycles. The number of hydrogen-bond acceptors (Lipinski definition) is 2. The molecule has 0 heterocycles. The fraction of sp³-hybridized carbons (Fsp3) is 1.00. The van der Waals surface area contributed by atoms with Crippen molar-refractivity contribution in [1.29, 1.82) is 0 Å². The average Bonchev–Trinajstić information content (AvgIpc) is 2.03. The van der Waals surface area contributed by atoms with Gasteiger partial charge in [-0.05, 0) is 6.42 Å². The van der Waals surface area contributed by atoms with E-state index in [2.05, 4.69) is 6.92 Å². The van der Waals surface area contributed by atoms with Crippen molar-refractivity contribution in [3.05, 3.63) is 0 Å². The van der Waals surface area contributed by atoms with Gasteiger partial charge in [0.1, 0.15) is 6.67 Å². The highest BCUT2D eigenvalue weighted by atomic mass is 19.1. The Kier molecular flexibility index (Phi) is 6.46. The van der Waals surface area contributed by atoms with Gasteiger partial charge in [0.2, 0.25) is 0 Å². The van der Waals surface area contributed by atoms with E-state index in [0.29, 0.717) is 6.42 Å². The van der Waals surface area contributed by atoms with Crippen molar-refractivity contribution >= 4 is 0 Å². The van der Waals surface area contributed by atoms with Gasteiger partial charge in [0.05, 0.1) is 12.1 Å². The smallest absolute Gasteiger partial charge is 0.107 e. The lowest BCUT2D eigenvalue weighted by molar-refractivity contribution is 0.119. The number of halogens is 1. The molecule has 0 amide bonds. The third-order valence-electron chi connectivity index (χ3n) is 1.78. The molecule has 0 radical (unpaired) electrons. The maximum Gasteiger partial charge on any atom is 0.107 e. The molecule has 0 aliphatic carbocycles. The summed E-state index contributed by atoms with van der Waals surface area (Å²) in [5.74, 6) is 0. The molecule has 2 unspecified atom stereocenters. The van der Waals surface area contributed by atoms with E-state index in [1.807, 2.05) is 0 Å². The molecule has 0 aromatic heterocycles. The average molecular weight is 163 g/mol. The van der Waals surface area contributed by atoms with Gasteiger partial charge in [-0.1, -0.05) is 26.2 Å². The summed E-state index contributed by atoms with van der Waals surface area (Å²) < 4.78 is 11.9. The van der Waals surface area contributed by atoms with Crippen molar-refractivity contribution in [2.24, 2.45) is 5.73 Å². The van der Waals surface area contributed by atoms with E-state index in [1.165, 1.54) is 0 Å². The first-order valence-corrected chi connectivity index (χ1v) is 4.22. The van der Waals surface area contributed by atoms with Crippen molar-refractivity contribution in [3.63, 3.8) is 0 Å². The molecule has 11 heavy (non-hydrogen) atoms. The third kappa shape index (κ3) is 5.16. The summed E-state index contributed by atoms with van der Waals surface area (Å²) in [7, 11) is 0. The number of rotatable bonds is 6. The first-order valence-electron chi connectivity index (χ1n) is 4.22. The van der Waals surface area contributed by atoms with E-state index in [4.69, 9.17) is 5.73 Å². The van der Waals surface area contributed by atoms with Gasteiger partial charge in [0.15, 0.2) is 0 Å². The molecule has 0 bridgehead atoms. The molecule has 68 valence electrons. The van der Waals surface area contributed by atoms with Gasteiger partial charge in [0, 0.05) is 0 Å². The van der Waals surface area contributed by atoms with Crippen LogP contribution in [-0.2, 0) is 0 Å². The van der Waals surface area contributed by atoms with Crippen LogP contribution in [0, 0.1) is 0 Å². The topological polar surface area (TPSA) is 46.2 Å². The highest BCUT2D eigenvalue weighted by molar-refractivity contribution is 4.70. The third-order valence-corrected chi connectivity index (χ3v) is 1.78. The minimum absolute atomic E-state index is 0.624. The van der Waals surface area contributed by atoms with Crippen molar-refractivity contribution in [3.8, 4) is 0 Å². The fourth-order valence-electron chi connectivity index (χ4n) is 0.920. The second-order valence-electron chi connectivity index (χ2n) is 2.88. The Labute approximate surface area is 67.6 Å². The van der Waals surface area contributed by atoms with Crippen LogP contribution in [0.4, 0.5) is 4.39 Å². The van der Waals surface area contributed by atoms with Crippen LogP contribution in [0.2, 0.25) is 0 Å². The molecule has 0 spiro atoms. The number of nitrogens with two attached hydrogens (primary N) is 1. The molecule has 0 aliphatic heterocycles. The Hall–Kier alpha value is -0.150. The Bertz CT molecular complexity index is 90.2. The Morgan fingerprint density at radius 1 is 1.45 bits per heavy atom. The summed E-state index contributed by atoms with van der Waals surface area (Å²) in [6.45, 7) is 1.45. The van der Waals surface area contributed by atoms with Crippen LogP contribution in [0.15, 0.2) is 0 Å². The van der Waals surface area contributed by atoms with Crippen molar-refractivity contribution < 1.29 is 9.50 Å². The lowest BCUT2D eigenvalue weighted by Crippen LogP contribution is -2.36. The Morgan fingerprint density at radius 2 is 2.09 bits per heavy atom. The quantitative estimate of drug-likeness (QED) is 0.578. The normalized spacial score (nSPS) is 16.4. The van der Waals surface area contributed by atoms with Crippen LogP contribution in [0.25, 0.3) is 0 Å². The Morgan fingerprint density at radius 3 is 2.55 bits per heavy atom. The molecule has 2 atom stereocenters. The zero-order valence-corrected chi connectivity index (χ0v) is 7.09. The SMILES string of the molecule is CCCCCC(O)C(N)CF. The Balaban J connectivity index is 3.28. The molecule has 0 rings (SSSR count). The largest absolute Gasteiger partial charge is 0.391 e. The molecule has 0 saturated heterocycles. The molecule has 0 fully saturated rings. The number of unbranched alkanes of at least 4 members (excludes halogenated alkanes) is 2. The molecule has 3 N–H and O–H groups in total. The van der Waals surface area contributed by atoms with E-state index >= 15 is 0 Å². The van der Waals surface area contributed by atoms with E-state index in [0.717, 1.165) is 19.3 Å². The van der Waals surface area contributed by atoms with E-state index in [-0.39, 0.29) is 0 Å². The minimum Gasteiger partial charge on any atom is -0.391 e. The number of hydrogen-bond donors (Lipinski definition) is 2. The van der Waals surface area contributed by atoms with E-state index in [1.54, 1.807) is 0 Å². The van der Waals surface area contributed by atoms with Gasteiger partial charge in [-0.25, -0.2) is 4.39 Å². The lowest BCUT2D eigenvalue weighted by atomic mass is 10.1. The fourth-order valence-corrected chi connectivity index (χ4v) is 0.920. The number of aliphatic hydroxyl groups is 1. The van der Waals surface area contributed by atoms with Gasteiger partial charge in [-0.2, -0.15) is 0 Å². The van der Waals surface area contributed by atoms with Gasteiger partial charge in [0.25, 0.3) is 0 Å². The summed E-state index contributed by atoms with van der Waals surface area (Å²) in [6, 6.07) is -0.688. The molecular formula is C8H18FNO. The standard InChI is InChI=1S/C8H18FNO/c1-2-3-4-5-8(11)7(10)6-9/h7-8,11H,2-6,10H2,1H3. The van der Waals surface area contributed by atoms with Crippen LogP contribution in [0.1, 0.15) is 32.6 Å². The molecule has 0 aromatic carbocycles. The van der Waals surface area contributed by atoms with Crippen molar-refractivity contribution in [2.45, 2.75) is 44.8 Å². The van der Waals surface area contributed by atoms with Crippen LogP contribution < -0.4 is 5.73 Å². The summed E-state index contributed by atoms with van der Waals surface area (Å²) in [6.07, 6.45) is 3.09. The highest BCUT2D eigenvalue weighted by Crippen LogP contribution is 2.05. The second-order valence-corrected chi connectivity index (χ2v) is 2.88. The molecule has 0 aromatic rings. The summed E-state index contributed by atoms with van der Waals surface area (Å²) in [4.78, 5) is 0. The van der Waals surface area contributed by atoms with Crippen LogP contribution >= 0.6 is 0 Å². The second kappa shape index (κ2) is 6.55. The van der Waals surface area contributed by atoms with E-state index < -0.39 is 18.8 Å². The van der Waals surface area contributed by atoms with Crippen LogP contribution in [0.5, 0.6) is 0 Å². The summed E-state index contributed by atoms with van der Waals surface area (Å²) >= 11 is 0. The highest BCUT2D eigenvalue weighted by Gasteiger charge is 2.12. The summed E-state index contributed by atoms with van der Waals surface area (Å²) in [5, 5.41) is 9.18. The first kappa shape index (κ1) is 10.8. The predicted octanol–water partition coefficient (Wildman–Crippen LogP) is 1.22. The van der Waals surface area contributed by atoms with Crippen LogP contribution in [-0.4, -0.2) is 23.9 Å². The monoisotopic (exact) mass is 163 g/mol. The molecule has 2 nitrogen and oxygen atoms in total. The zero-order valence-electron chi connectivity index (χ0n) is 7.09. The molecular weight excluding hydrogens is 145 g/mol.